The summed E-state index contributed by atoms with van der Waals surface area (Å²) in [7, 11) is 0. The molecule has 1 aliphatic rings. The van der Waals surface area contributed by atoms with Crippen molar-refractivity contribution in [3.63, 3.8) is 0 Å². The first-order valence-electron chi connectivity index (χ1n) is 8.58. The fraction of sp³-hybridized carbons (Fsp3) is 0.611. The molecule has 24 heavy (non-hydrogen) atoms. The third-order valence-electron chi connectivity index (χ3n) is 4.11. The van der Waals surface area contributed by atoms with E-state index in [0.717, 1.165) is 19.3 Å². The van der Waals surface area contributed by atoms with Gasteiger partial charge in [0, 0.05) is 18.1 Å². The van der Waals surface area contributed by atoms with E-state index in [2.05, 4.69) is 12.7 Å². The smallest absolute Gasteiger partial charge is 0.365 e. The van der Waals surface area contributed by atoms with E-state index in [4.69, 9.17) is 25.8 Å². The van der Waals surface area contributed by atoms with Crippen LogP contribution < -0.4 is 10.5 Å². The highest BCUT2D eigenvalue weighted by Gasteiger charge is 2.35. The predicted molar refractivity (Wildman–Crippen MR) is 92.0 cm³/mol. The third kappa shape index (κ3) is 5.36. The summed E-state index contributed by atoms with van der Waals surface area (Å²) in [4.78, 5) is 12.1. The molecule has 2 rings (SSSR count). The van der Waals surface area contributed by atoms with Crippen LogP contribution in [0.4, 0.5) is 0 Å². The molecule has 4 atom stereocenters. The number of benzene rings is 1. The van der Waals surface area contributed by atoms with Crippen LogP contribution in [0, 0.1) is 0 Å². The number of hydrogen-bond acceptors (Lipinski definition) is 4. The van der Waals surface area contributed by atoms with Gasteiger partial charge in [0.15, 0.2) is 12.1 Å². The molecule has 1 saturated heterocycles. The minimum atomic E-state index is -0.430. The monoisotopic (exact) mass is 356 g/mol. The molecule has 3 N–H and O–H groups in total. The van der Waals surface area contributed by atoms with Gasteiger partial charge in [-0.2, -0.15) is 0 Å². The van der Waals surface area contributed by atoms with Gasteiger partial charge >= 0.3 is 5.97 Å². The van der Waals surface area contributed by atoms with Gasteiger partial charge in [-0.05, 0) is 44.4 Å². The molecule has 134 valence electrons. The maximum Gasteiger partial charge on any atom is 0.365 e. The highest BCUT2D eigenvalue weighted by molar-refractivity contribution is 6.30. The van der Waals surface area contributed by atoms with Crippen molar-refractivity contribution in [3.8, 4) is 5.75 Å². The zero-order valence-electron chi connectivity index (χ0n) is 14.4. The fourth-order valence-corrected chi connectivity index (χ4v) is 2.99. The van der Waals surface area contributed by atoms with E-state index in [1.165, 1.54) is 0 Å². The molecule has 0 aromatic heterocycles. The van der Waals surface area contributed by atoms with Gasteiger partial charge in [-0.15, -0.1) is 0 Å². The van der Waals surface area contributed by atoms with Crippen LogP contribution in [0.3, 0.4) is 0 Å². The quantitative estimate of drug-likeness (QED) is 0.823. The molecule has 0 aliphatic carbocycles. The second-order valence-electron chi connectivity index (χ2n) is 6.22. The van der Waals surface area contributed by atoms with E-state index in [-0.39, 0.29) is 24.2 Å². The molecule has 1 aromatic rings. The number of esters is 1. The molecule has 0 saturated carbocycles. The summed E-state index contributed by atoms with van der Waals surface area (Å²) in [6.45, 7) is 4.55. The summed E-state index contributed by atoms with van der Waals surface area (Å²) < 4.78 is 17.7. The number of ether oxygens (including phenoxy) is 3. The molecule has 5 nitrogen and oxygen atoms in total. The van der Waals surface area contributed by atoms with E-state index >= 15 is 0 Å². The Kier molecular flexibility index (Phi) is 7.34. The molecule has 0 amide bonds. The molecular weight excluding hydrogens is 330 g/mol. The van der Waals surface area contributed by atoms with E-state index in [1.54, 1.807) is 12.1 Å². The summed E-state index contributed by atoms with van der Waals surface area (Å²) >= 11 is 6.04. The highest BCUT2D eigenvalue weighted by atomic mass is 35.5. The summed E-state index contributed by atoms with van der Waals surface area (Å²) in [5, 5.41) is 0.601. The van der Waals surface area contributed by atoms with Crippen LogP contribution >= 0.6 is 11.6 Å². The Balaban J connectivity index is 2.21. The van der Waals surface area contributed by atoms with Gasteiger partial charge in [0.05, 0.1) is 6.10 Å². The Hall–Kier alpha value is -1.30. The van der Waals surface area contributed by atoms with Gasteiger partial charge in [0.2, 0.25) is 0 Å². The van der Waals surface area contributed by atoms with Gasteiger partial charge in [0.1, 0.15) is 11.9 Å². The van der Waals surface area contributed by atoms with Gasteiger partial charge < -0.3 is 19.9 Å². The topological polar surface area (TPSA) is 72.4 Å². The molecule has 6 heteroatoms. The average molecular weight is 357 g/mol. The maximum absolute atomic E-state index is 12.1. The summed E-state index contributed by atoms with van der Waals surface area (Å²) in [6, 6.07) is 6.87. The summed E-state index contributed by atoms with van der Waals surface area (Å²) in [6.07, 6.45) is 2.31. The minimum Gasteiger partial charge on any atom is -0.484 e. The molecule has 0 spiro atoms. The lowest BCUT2D eigenvalue weighted by Gasteiger charge is -2.31. The van der Waals surface area contributed by atoms with Crippen LogP contribution in [0.2, 0.25) is 5.02 Å². The molecule has 1 fully saturated rings. The van der Waals surface area contributed by atoms with Crippen LogP contribution in [0.1, 0.15) is 39.5 Å². The lowest BCUT2D eigenvalue weighted by atomic mass is 10.0. The number of hydrogen-bond donors (Lipinski definition) is 1. The van der Waals surface area contributed by atoms with Crippen LogP contribution in [0.15, 0.2) is 24.3 Å². The fourth-order valence-electron chi connectivity index (χ4n) is 2.81. The highest BCUT2D eigenvalue weighted by Crippen LogP contribution is 2.25. The van der Waals surface area contributed by atoms with Gasteiger partial charge in [-0.25, -0.2) is 4.79 Å². The number of quaternary nitrogens is 1. The lowest BCUT2D eigenvalue weighted by Crippen LogP contribution is -2.65. The molecular formula is C18H27ClNO4+. The zero-order valence-corrected chi connectivity index (χ0v) is 15.1. The summed E-state index contributed by atoms with van der Waals surface area (Å²) in [5.74, 6) is 0.365. The first kappa shape index (κ1) is 19.0. The Labute approximate surface area is 148 Å². The Morgan fingerprint density at radius 2 is 2.17 bits per heavy atom. The van der Waals surface area contributed by atoms with Crippen molar-refractivity contribution in [1.82, 2.24) is 0 Å². The van der Waals surface area contributed by atoms with Crippen LogP contribution in [-0.2, 0) is 14.3 Å². The standard InChI is InChI=1S/C18H26ClNO4/c1-3-10-22-16-9-5-8-15(20)18(21)23-12(2)17(16)24-14-7-4-6-13(19)11-14/h4,6-7,11-12,15-17H,3,5,8-10,20H2,1-2H3/p+1/t12-,15-,16-,17-/m0/s1. The van der Waals surface area contributed by atoms with Crippen LogP contribution in [0.5, 0.6) is 5.75 Å². The summed E-state index contributed by atoms with van der Waals surface area (Å²) in [5.41, 5.74) is 3.89. The van der Waals surface area contributed by atoms with E-state index in [0.29, 0.717) is 23.8 Å². The van der Waals surface area contributed by atoms with Gasteiger partial charge in [-0.3, -0.25) is 0 Å². The average Bonchev–Trinajstić information content (AvgIpc) is 2.59. The number of rotatable bonds is 5. The lowest BCUT2D eigenvalue weighted by molar-refractivity contribution is -0.410. The van der Waals surface area contributed by atoms with Crippen molar-refractivity contribution in [3.05, 3.63) is 29.3 Å². The Bertz CT molecular complexity index is 540. The van der Waals surface area contributed by atoms with Crippen molar-refractivity contribution in [2.75, 3.05) is 6.61 Å². The number of cyclic esters (lactones) is 1. The second kappa shape index (κ2) is 9.25. The first-order valence-corrected chi connectivity index (χ1v) is 8.96. The minimum absolute atomic E-state index is 0.142. The van der Waals surface area contributed by atoms with Gasteiger partial charge in [-0.1, -0.05) is 24.6 Å². The van der Waals surface area contributed by atoms with Crippen molar-refractivity contribution in [2.45, 2.75) is 63.9 Å². The maximum atomic E-state index is 12.1. The van der Waals surface area contributed by atoms with E-state index in [9.17, 15) is 4.79 Å². The zero-order chi connectivity index (χ0) is 17.5. The SMILES string of the molecule is CCCO[C@H]1CCC[C@H]([NH3+])C(=O)O[C@@H](C)[C@@H]1Oc1cccc(Cl)c1. The Morgan fingerprint density at radius 3 is 2.88 bits per heavy atom. The van der Waals surface area contributed by atoms with E-state index in [1.807, 2.05) is 19.1 Å². The van der Waals surface area contributed by atoms with Gasteiger partial charge in [0.25, 0.3) is 0 Å². The van der Waals surface area contributed by atoms with Crippen LogP contribution in [0.25, 0.3) is 0 Å². The molecule has 1 heterocycles. The van der Waals surface area contributed by atoms with Crippen molar-refractivity contribution >= 4 is 17.6 Å². The molecule has 0 bridgehead atoms. The molecule has 0 radical (unpaired) electrons. The Morgan fingerprint density at radius 1 is 1.38 bits per heavy atom. The van der Waals surface area contributed by atoms with E-state index < -0.39 is 6.10 Å². The van der Waals surface area contributed by atoms with Crippen LogP contribution in [-0.4, -0.2) is 36.9 Å². The largest absolute Gasteiger partial charge is 0.484 e. The predicted octanol–water partition coefficient (Wildman–Crippen LogP) is 2.61. The second-order valence-corrected chi connectivity index (χ2v) is 6.66. The normalized spacial score (nSPS) is 28.4. The first-order chi connectivity index (χ1) is 11.5. The van der Waals surface area contributed by atoms with Crippen molar-refractivity contribution in [2.24, 2.45) is 0 Å². The molecule has 0 unspecified atom stereocenters. The molecule has 1 aromatic carbocycles. The number of carbonyl (C=O) groups is 1. The third-order valence-corrected chi connectivity index (χ3v) is 4.35. The molecule has 1 aliphatic heterocycles. The number of halogens is 1. The van der Waals surface area contributed by atoms with Crippen molar-refractivity contribution < 1.29 is 24.7 Å². The number of carbonyl (C=O) groups excluding carboxylic acids is 1. The van der Waals surface area contributed by atoms with Crippen molar-refractivity contribution in [1.29, 1.82) is 0 Å².